The molecule has 3 aliphatic heterocycles. The molecular weight excluding hydrogens is 393 g/mol. The van der Waals surface area contributed by atoms with Gasteiger partial charge in [0.05, 0.1) is 19.1 Å². The number of hydrogen-bond acceptors (Lipinski definition) is 6. The predicted octanol–water partition coefficient (Wildman–Crippen LogP) is 1.43. The Hall–Kier alpha value is -2.43. The van der Waals surface area contributed by atoms with Crippen LogP contribution in [0.25, 0.3) is 0 Å². The number of amides is 1. The van der Waals surface area contributed by atoms with Crippen molar-refractivity contribution in [1.29, 1.82) is 0 Å². The van der Waals surface area contributed by atoms with Gasteiger partial charge in [-0.25, -0.2) is 14.8 Å². The zero-order chi connectivity index (χ0) is 21.0. The first-order chi connectivity index (χ1) is 13.8. The highest BCUT2D eigenvalue weighted by Gasteiger charge is 2.45. The highest BCUT2D eigenvalue weighted by Crippen LogP contribution is 2.37. The molecule has 3 atom stereocenters. The molecule has 160 valence electrons. The number of rotatable bonds is 2. The van der Waals surface area contributed by atoms with Crippen LogP contribution in [0, 0.1) is 17.8 Å². The van der Waals surface area contributed by atoms with E-state index in [9.17, 15) is 18.0 Å². The van der Waals surface area contributed by atoms with Crippen molar-refractivity contribution in [2.75, 3.05) is 44.3 Å². The summed E-state index contributed by atoms with van der Waals surface area (Å²) < 4.78 is 37.5. The summed E-state index contributed by atoms with van der Waals surface area (Å²) in [7, 11) is 0. The maximum Gasteiger partial charge on any atom is 0.490 e. The number of aliphatic carboxylic acids is 1. The molecule has 4 heterocycles. The van der Waals surface area contributed by atoms with Crippen LogP contribution in [0.3, 0.4) is 0 Å². The Balaban J connectivity index is 0.000000298. The largest absolute Gasteiger partial charge is 0.490 e. The molecule has 29 heavy (non-hydrogen) atoms. The standard InChI is InChI=1S/C16H22N4O2.C2HF3O2/c21-16(19-5-1-2-6-19)14-10-22-9-12-7-20(8-13(12)14)15-3-4-17-11-18-15;3-2(4,5)1(6)7/h3-4,11-14H,1-2,5-10H2;(H,6,7)/t12-,13-,14-;/m1./s1. The van der Waals surface area contributed by atoms with Crippen molar-refractivity contribution in [2.45, 2.75) is 19.0 Å². The Kier molecular flexibility index (Phi) is 6.56. The first kappa shape index (κ1) is 21.3. The Morgan fingerprint density at radius 2 is 1.86 bits per heavy atom. The molecule has 0 aromatic carbocycles. The lowest BCUT2D eigenvalue weighted by Gasteiger charge is -2.34. The average Bonchev–Trinajstić information content (AvgIpc) is 3.37. The van der Waals surface area contributed by atoms with Gasteiger partial charge >= 0.3 is 12.1 Å². The molecule has 11 heteroatoms. The predicted molar refractivity (Wildman–Crippen MR) is 95.0 cm³/mol. The van der Waals surface area contributed by atoms with Gasteiger partial charge in [-0.2, -0.15) is 13.2 Å². The molecule has 1 N–H and O–H groups in total. The molecule has 3 aliphatic rings. The Labute approximate surface area is 165 Å². The highest BCUT2D eigenvalue weighted by molar-refractivity contribution is 5.80. The maximum atomic E-state index is 12.8. The van der Waals surface area contributed by atoms with Crippen LogP contribution in [-0.2, 0) is 14.3 Å². The number of carboxylic acids is 1. The number of fused-ring (bicyclic) bond motifs is 1. The molecule has 1 amide bonds. The quantitative estimate of drug-likeness (QED) is 0.779. The summed E-state index contributed by atoms with van der Waals surface area (Å²) in [6, 6.07) is 1.94. The highest BCUT2D eigenvalue weighted by atomic mass is 19.4. The Morgan fingerprint density at radius 3 is 2.45 bits per heavy atom. The number of nitrogens with zero attached hydrogens (tertiary/aromatic N) is 4. The molecular formula is C18H23F3N4O4. The Morgan fingerprint density at radius 1 is 1.17 bits per heavy atom. The maximum absolute atomic E-state index is 12.8. The molecule has 3 fully saturated rings. The van der Waals surface area contributed by atoms with Gasteiger partial charge in [0.25, 0.3) is 0 Å². The number of ether oxygens (including phenoxy) is 1. The summed E-state index contributed by atoms with van der Waals surface area (Å²) in [5.74, 6) is -0.665. The summed E-state index contributed by atoms with van der Waals surface area (Å²) >= 11 is 0. The topological polar surface area (TPSA) is 95.9 Å². The van der Waals surface area contributed by atoms with E-state index in [0.29, 0.717) is 24.3 Å². The van der Waals surface area contributed by atoms with Crippen LogP contribution in [0.1, 0.15) is 12.8 Å². The second kappa shape index (κ2) is 8.93. The molecule has 4 rings (SSSR count). The van der Waals surface area contributed by atoms with E-state index < -0.39 is 12.1 Å². The summed E-state index contributed by atoms with van der Waals surface area (Å²) in [6.07, 6.45) is 0.551. The summed E-state index contributed by atoms with van der Waals surface area (Å²) in [5.41, 5.74) is 0. The summed E-state index contributed by atoms with van der Waals surface area (Å²) in [6.45, 7) is 5.00. The number of alkyl halides is 3. The van der Waals surface area contributed by atoms with E-state index in [0.717, 1.165) is 51.4 Å². The zero-order valence-electron chi connectivity index (χ0n) is 15.7. The van der Waals surface area contributed by atoms with E-state index in [1.807, 2.05) is 11.0 Å². The number of anilines is 1. The second-order valence-electron chi connectivity index (χ2n) is 7.38. The fourth-order valence-electron chi connectivity index (χ4n) is 4.08. The van der Waals surface area contributed by atoms with Gasteiger partial charge in [-0.1, -0.05) is 0 Å². The van der Waals surface area contributed by atoms with Crippen molar-refractivity contribution in [3.05, 3.63) is 18.6 Å². The Bertz CT molecular complexity index is 713. The van der Waals surface area contributed by atoms with Crippen LogP contribution in [0.15, 0.2) is 18.6 Å². The molecule has 3 saturated heterocycles. The molecule has 0 spiro atoms. The summed E-state index contributed by atoms with van der Waals surface area (Å²) in [4.78, 5) is 34.3. The van der Waals surface area contributed by atoms with Crippen molar-refractivity contribution in [3.8, 4) is 0 Å². The lowest BCUT2D eigenvalue weighted by atomic mass is 9.82. The van der Waals surface area contributed by atoms with Crippen LogP contribution in [0.2, 0.25) is 0 Å². The van der Waals surface area contributed by atoms with Crippen LogP contribution < -0.4 is 4.90 Å². The number of carbonyl (C=O) groups excluding carboxylic acids is 1. The monoisotopic (exact) mass is 416 g/mol. The van der Waals surface area contributed by atoms with Gasteiger partial charge in [-0.05, 0) is 24.8 Å². The van der Waals surface area contributed by atoms with Crippen molar-refractivity contribution in [3.63, 3.8) is 0 Å². The second-order valence-corrected chi connectivity index (χ2v) is 7.38. The minimum absolute atomic E-state index is 0.0173. The lowest BCUT2D eigenvalue weighted by molar-refractivity contribution is -0.192. The molecule has 0 radical (unpaired) electrons. The SMILES string of the molecule is O=C(O)C(F)(F)F.O=C([C@@H]1COC[C@H]2CN(c3ccncn3)C[C@H]21)N1CCCC1. The van der Waals surface area contributed by atoms with Gasteiger partial charge in [-0.15, -0.1) is 0 Å². The van der Waals surface area contributed by atoms with Gasteiger partial charge in [0.2, 0.25) is 5.91 Å². The van der Waals surface area contributed by atoms with E-state index in [1.54, 1.807) is 12.5 Å². The van der Waals surface area contributed by atoms with Gasteiger partial charge in [0.1, 0.15) is 12.1 Å². The number of likely N-dealkylation sites (tertiary alicyclic amines) is 1. The number of carbonyl (C=O) groups is 2. The lowest BCUT2D eigenvalue weighted by Crippen LogP contribution is -2.45. The smallest absolute Gasteiger partial charge is 0.475 e. The van der Waals surface area contributed by atoms with E-state index in [2.05, 4.69) is 14.9 Å². The zero-order valence-corrected chi connectivity index (χ0v) is 15.7. The molecule has 1 aromatic heterocycles. The molecule has 1 aromatic rings. The third kappa shape index (κ3) is 5.14. The van der Waals surface area contributed by atoms with Crippen molar-refractivity contribution < 1.29 is 32.6 Å². The van der Waals surface area contributed by atoms with Gasteiger partial charge in [0.15, 0.2) is 0 Å². The van der Waals surface area contributed by atoms with Gasteiger partial charge in [-0.3, -0.25) is 4.79 Å². The summed E-state index contributed by atoms with van der Waals surface area (Å²) in [5, 5.41) is 7.12. The van der Waals surface area contributed by atoms with Gasteiger partial charge < -0.3 is 19.6 Å². The van der Waals surface area contributed by atoms with E-state index in [1.165, 1.54) is 0 Å². The van der Waals surface area contributed by atoms with Gasteiger partial charge in [0, 0.05) is 38.3 Å². The van der Waals surface area contributed by atoms with Crippen LogP contribution in [0.4, 0.5) is 19.0 Å². The fourth-order valence-corrected chi connectivity index (χ4v) is 4.08. The van der Waals surface area contributed by atoms with E-state index >= 15 is 0 Å². The number of halogens is 3. The number of carboxylic acid groups (broad SMARTS) is 1. The minimum atomic E-state index is -5.08. The van der Waals surface area contributed by atoms with Crippen LogP contribution in [0.5, 0.6) is 0 Å². The van der Waals surface area contributed by atoms with Crippen molar-refractivity contribution in [2.24, 2.45) is 17.8 Å². The van der Waals surface area contributed by atoms with Crippen LogP contribution in [-0.4, -0.2) is 77.4 Å². The first-order valence-electron chi connectivity index (χ1n) is 9.45. The normalized spacial score (nSPS) is 26.5. The minimum Gasteiger partial charge on any atom is -0.475 e. The molecule has 0 aliphatic carbocycles. The van der Waals surface area contributed by atoms with E-state index in [4.69, 9.17) is 14.6 Å². The third-order valence-corrected chi connectivity index (χ3v) is 5.51. The van der Waals surface area contributed by atoms with E-state index in [-0.39, 0.29) is 5.92 Å². The molecule has 8 nitrogen and oxygen atoms in total. The molecule has 0 bridgehead atoms. The molecule has 0 saturated carbocycles. The third-order valence-electron chi connectivity index (χ3n) is 5.51. The van der Waals surface area contributed by atoms with Crippen molar-refractivity contribution in [1.82, 2.24) is 14.9 Å². The fraction of sp³-hybridized carbons (Fsp3) is 0.667. The number of aromatic nitrogens is 2. The molecule has 0 unspecified atom stereocenters. The van der Waals surface area contributed by atoms with Crippen LogP contribution >= 0.6 is 0 Å². The van der Waals surface area contributed by atoms with Crippen molar-refractivity contribution >= 4 is 17.7 Å². The first-order valence-corrected chi connectivity index (χ1v) is 9.45. The average molecular weight is 416 g/mol. The number of hydrogen-bond donors (Lipinski definition) is 1.